The van der Waals surface area contributed by atoms with E-state index in [1.807, 2.05) is 19.9 Å². The number of amides is 1. The molecule has 0 bridgehead atoms. The summed E-state index contributed by atoms with van der Waals surface area (Å²) < 4.78 is 5.49. The Bertz CT molecular complexity index is 556. The Labute approximate surface area is 129 Å². The van der Waals surface area contributed by atoms with Crippen molar-refractivity contribution in [3.63, 3.8) is 0 Å². The van der Waals surface area contributed by atoms with Crippen molar-refractivity contribution in [2.75, 3.05) is 19.8 Å². The third-order valence-electron chi connectivity index (χ3n) is 3.64. The van der Waals surface area contributed by atoms with E-state index in [-0.39, 0.29) is 18.6 Å². The molecule has 2 N–H and O–H groups in total. The predicted molar refractivity (Wildman–Crippen MR) is 83.5 cm³/mol. The predicted octanol–water partition coefficient (Wildman–Crippen LogP) is 1.95. The first-order valence-corrected chi connectivity index (χ1v) is 8.03. The van der Waals surface area contributed by atoms with Gasteiger partial charge in [0.15, 0.2) is 0 Å². The van der Waals surface area contributed by atoms with Gasteiger partial charge < -0.3 is 15.2 Å². The molecule has 0 radical (unpaired) electrons. The van der Waals surface area contributed by atoms with Crippen molar-refractivity contribution in [1.82, 2.24) is 5.32 Å². The van der Waals surface area contributed by atoms with E-state index in [4.69, 9.17) is 9.84 Å². The minimum absolute atomic E-state index is 0.0441. The highest BCUT2D eigenvalue weighted by Crippen LogP contribution is 2.22. The lowest BCUT2D eigenvalue weighted by molar-refractivity contribution is 0.0910. The van der Waals surface area contributed by atoms with Crippen LogP contribution in [-0.2, 0) is 4.74 Å². The molecule has 2 rings (SSSR count). The van der Waals surface area contributed by atoms with E-state index < -0.39 is 0 Å². The number of nitrogens with one attached hydrogen (secondary N) is 1. The standard InChI is InChI=1S/C16H21NO3S/c1-11-9-15(21-14(11)5-3-4-7-18)16(19)17-10-13-6-8-20-12(13)2/h9,12-13,18H,4,6-8,10H2,1-2H3,(H,17,19). The number of aliphatic hydroxyl groups is 1. The van der Waals surface area contributed by atoms with Crippen molar-refractivity contribution in [2.45, 2.75) is 32.8 Å². The molecule has 114 valence electrons. The number of aryl methyl sites for hydroxylation is 1. The molecule has 4 nitrogen and oxygen atoms in total. The first-order chi connectivity index (χ1) is 10.1. The van der Waals surface area contributed by atoms with Crippen LogP contribution < -0.4 is 5.32 Å². The fraction of sp³-hybridized carbons (Fsp3) is 0.562. The molecule has 2 heterocycles. The third kappa shape index (κ3) is 4.31. The first-order valence-electron chi connectivity index (χ1n) is 7.21. The summed E-state index contributed by atoms with van der Waals surface area (Å²) >= 11 is 1.40. The van der Waals surface area contributed by atoms with Gasteiger partial charge >= 0.3 is 0 Å². The maximum atomic E-state index is 12.2. The Morgan fingerprint density at radius 2 is 2.43 bits per heavy atom. The SMILES string of the molecule is Cc1cc(C(=O)NCC2CCOC2C)sc1C#CCCO. The van der Waals surface area contributed by atoms with Gasteiger partial charge in [0.05, 0.1) is 22.5 Å². The van der Waals surface area contributed by atoms with E-state index in [1.165, 1.54) is 11.3 Å². The van der Waals surface area contributed by atoms with Crippen LogP contribution in [0.2, 0.25) is 0 Å². The second kappa shape index (κ2) is 7.60. The molecule has 1 saturated heterocycles. The molecule has 0 saturated carbocycles. The molecule has 0 aliphatic carbocycles. The number of carbonyl (C=O) groups is 1. The van der Waals surface area contributed by atoms with Gasteiger partial charge in [-0.05, 0) is 31.9 Å². The number of hydrogen-bond donors (Lipinski definition) is 2. The zero-order chi connectivity index (χ0) is 15.2. The topological polar surface area (TPSA) is 58.6 Å². The molecule has 1 aromatic rings. The van der Waals surface area contributed by atoms with Crippen molar-refractivity contribution >= 4 is 17.2 Å². The summed E-state index contributed by atoms with van der Waals surface area (Å²) in [6.45, 7) is 5.50. The van der Waals surface area contributed by atoms with Gasteiger partial charge in [0, 0.05) is 25.5 Å². The maximum Gasteiger partial charge on any atom is 0.261 e. The van der Waals surface area contributed by atoms with Gasteiger partial charge in [-0.3, -0.25) is 4.79 Å². The smallest absolute Gasteiger partial charge is 0.261 e. The first kappa shape index (κ1) is 16.0. The van der Waals surface area contributed by atoms with Crippen LogP contribution in [0.3, 0.4) is 0 Å². The summed E-state index contributed by atoms with van der Waals surface area (Å²) in [5, 5.41) is 11.7. The molecule has 2 atom stereocenters. The van der Waals surface area contributed by atoms with Crippen LogP contribution >= 0.6 is 11.3 Å². The number of carbonyl (C=O) groups excluding carboxylic acids is 1. The summed E-state index contributed by atoms with van der Waals surface area (Å²) in [6, 6.07) is 1.87. The molecule has 1 amide bonds. The molecule has 5 heteroatoms. The molecule has 2 unspecified atom stereocenters. The number of ether oxygens (including phenoxy) is 1. The average Bonchev–Trinajstić information content (AvgIpc) is 3.03. The molecule has 1 aliphatic rings. The van der Waals surface area contributed by atoms with Crippen LogP contribution in [0.5, 0.6) is 0 Å². The Morgan fingerprint density at radius 1 is 1.62 bits per heavy atom. The van der Waals surface area contributed by atoms with Crippen LogP contribution in [0.4, 0.5) is 0 Å². The van der Waals surface area contributed by atoms with E-state index in [2.05, 4.69) is 17.2 Å². The zero-order valence-electron chi connectivity index (χ0n) is 12.4. The molecular weight excluding hydrogens is 286 g/mol. The van der Waals surface area contributed by atoms with Crippen LogP contribution in [0, 0.1) is 24.7 Å². The Balaban J connectivity index is 1.93. The Kier molecular flexibility index (Phi) is 5.80. The van der Waals surface area contributed by atoms with Gasteiger partial charge in [-0.15, -0.1) is 11.3 Å². The van der Waals surface area contributed by atoms with Crippen molar-refractivity contribution < 1.29 is 14.6 Å². The van der Waals surface area contributed by atoms with E-state index in [1.54, 1.807) is 0 Å². The van der Waals surface area contributed by atoms with E-state index in [9.17, 15) is 4.79 Å². The molecule has 1 aromatic heterocycles. The van der Waals surface area contributed by atoms with Crippen LogP contribution in [0.15, 0.2) is 6.07 Å². The molecule has 1 aliphatic heterocycles. The van der Waals surface area contributed by atoms with Crippen molar-refractivity contribution in [1.29, 1.82) is 0 Å². The van der Waals surface area contributed by atoms with Crippen molar-refractivity contribution in [3.05, 3.63) is 21.4 Å². The van der Waals surface area contributed by atoms with Gasteiger partial charge in [0.25, 0.3) is 5.91 Å². The van der Waals surface area contributed by atoms with Crippen LogP contribution in [0.25, 0.3) is 0 Å². The second-order valence-corrected chi connectivity index (χ2v) is 6.29. The summed E-state index contributed by atoms with van der Waals surface area (Å²) in [5.74, 6) is 6.25. The highest BCUT2D eigenvalue weighted by atomic mass is 32.1. The lowest BCUT2D eigenvalue weighted by atomic mass is 10.0. The van der Waals surface area contributed by atoms with Crippen LogP contribution in [0.1, 0.15) is 39.9 Å². The molecule has 21 heavy (non-hydrogen) atoms. The van der Waals surface area contributed by atoms with Gasteiger partial charge in [-0.1, -0.05) is 11.8 Å². The molecule has 0 spiro atoms. The number of aliphatic hydroxyl groups excluding tert-OH is 1. The van der Waals surface area contributed by atoms with Gasteiger partial charge in [-0.25, -0.2) is 0 Å². The van der Waals surface area contributed by atoms with E-state index in [0.29, 0.717) is 23.8 Å². The highest BCUT2D eigenvalue weighted by Gasteiger charge is 2.24. The maximum absolute atomic E-state index is 12.2. The summed E-state index contributed by atoms with van der Waals surface area (Å²) in [5.41, 5.74) is 1.01. The van der Waals surface area contributed by atoms with E-state index in [0.717, 1.165) is 23.5 Å². The average molecular weight is 307 g/mol. The minimum atomic E-state index is -0.0441. The molecule has 0 aromatic carbocycles. The number of hydrogen-bond acceptors (Lipinski definition) is 4. The zero-order valence-corrected chi connectivity index (χ0v) is 13.3. The quantitative estimate of drug-likeness (QED) is 0.836. The van der Waals surface area contributed by atoms with Gasteiger partial charge in [0.1, 0.15) is 0 Å². The van der Waals surface area contributed by atoms with Crippen molar-refractivity contribution in [3.8, 4) is 11.8 Å². The lowest BCUT2D eigenvalue weighted by Crippen LogP contribution is -2.31. The second-order valence-electron chi connectivity index (χ2n) is 5.23. The highest BCUT2D eigenvalue weighted by molar-refractivity contribution is 7.14. The Hall–Kier alpha value is -1.35. The van der Waals surface area contributed by atoms with E-state index >= 15 is 0 Å². The summed E-state index contributed by atoms with van der Waals surface area (Å²) in [7, 11) is 0. The van der Waals surface area contributed by atoms with Crippen LogP contribution in [-0.4, -0.2) is 36.9 Å². The minimum Gasteiger partial charge on any atom is -0.395 e. The third-order valence-corrected chi connectivity index (χ3v) is 4.79. The van der Waals surface area contributed by atoms with Crippen molar-refractivity contribution in [2.24, 2.45) is 5.92 Å². The van der Waals surface area contributed by atoms with Gasteiger partial charge in [-0.2, -0.15) is 0 Å². The Morgan fingerprint density at radius 3 is 3.10 bits per heavy atom. The summed E-state index contributed by atoms with van der Waals surface area (Å²) in [6.07, 6.45) is 1.68. The van der Waals surface area contributed by atoms with Gasteiger partial charge in [0.2, 0.25) is 0 Å². The monoisotopic (exact) mass is 307 g/mol. The molecule has 1 fully saturated rings. The summed E-state index contributed by atoms with van der Waals surface area (Å²) in [4.78, 5) is 13.8. The normalized spacial score (nSPS) is 20.9. The molecular formula is C16H21NO3S. The lowest BCUT2D eigenvalue weighted by Gasteiger charge is -2.14. The number of rotatable bonds is 4. The fourth-order valence-corrected chi connectivity index (χ4v) is 3.24. The largest absolute Gasteiger partial charge is 0.395 e. The number of thiophene rings is 1. The fourth-order valence-electron chi connectivity index (χ4n) is 2.27.